The Morgan fingerprint density at radius 3 is 2.95 bits per heavy atom. The largest absolute Gasteiger partial charge is 0.490 e. The fourth-order valence-corrected chi connectivity index (χ4v) is 2.26. The molecule has 1 fully saturated rings. The van der Waals surface area contributed by atoms with Gasteiger partial charge in [-0.15, -0.1) is 0 Å². The van der Waals surface area contributed by atoms with Crippen LogP contribution < -0.4 is 15.8 Å². The first-order chi connectivity index (χ1) is 10.1. The van der Waals surface area contributed by atoms with Crippen LogP contribution in [0.1, 0.15) is 12.5 Å². The minimum absolute atomic E-state index is 0.0927. The lowest BCUT2D eigenvalue weighted by Crippen LogP contribution is -2.45. The number of hydrogen-bond donors (Lipinski definition) is 2. The summed E-state index contributed by atoms with van der Waals surface area (Å²) in [5.41, 5.74) is 6.43. The Labute approximate surface area is 121 Å². The Balaban J connectivity index is 2.20. The van der Waals surface area contributed by atoms with Gasteiger partial charge in [0.25, 0.3) is 0 Å². The van der Waals surface area contributed by atoms with Crippen LogP contribution in [0, 0.1) is 10.7 Å². The summed E-state index contributed by atoms with van der Waals surface area (Å²) in [5, 5.41) is 5.32. The second kappa shape index (κ2) is 6.49. The number of rotatable bonds is 6. The Morgan fingerprint density at radius 1 is 1.52 bits per heavy atom. The summed E-state index contributed by atoms with van der Waals surface area (Å²) in [7, 11) is 0. The number of halogens is 1. The predicted octanol–water partition coefficient (Wildman–Crippen LogP) is 1.17. The van der Waals surface area contributed by atoms with Gasteiger partial charge in [-0.25, -0.2) is 9.18 Å². The topological polar surface area (TPSA) is 97.0 Å². The third-order valence-corrected chi connectivity index (χ3v) is 3.29. The Bertz CT molecular complexity index is 540. The monoisotopic (exact) mass is 296 g/mol. The fraction of sp³-hybridized carbons (Fsp3) is 0.462. The van der Waals surface area contributed by atoms with Gasteiger partial charge < -0.3 is 20.7 Å². The van der Waals surface area contributed by atoms with Crippen LogP contribution in [-0.2, 0) is 6.54 Å². The molecule has 2 rings (SSSR count). The number of carbonyl (C=O) groups is 1. The highest BCUT2D eigenvalue weighted by Crippen LogP contribution is 2.25. The molecule has 1 aliphatic heterocycles. The lowest BCUT2D eigenvalue weighted by Gasteiger charge is -2.23. The lowest BCUT2D eigenvalue weighted by atomic mass is 10.1. The van der Waals surface area contributed by atoms with E-state index in [1.54, 1.807) is 13.0 Å². The van der Waals surface area contributed by atoms with E-state index in [0.29, 0.717) is 12.2 Å². The van der Waals surface area contributed by atoms with Crippen LogP contribution in [-0.4, -0.2) is 36.3 Å². The van der Waals surface area contributed by atoms with Crippen LogP contribution in [0.25, 0.3) is 0 Å². The second-order valence-electron chi connectivity index (χ2n) is 4.65. The van der Waals surface area contributed by atoms with E-state index in [2.05, 4.69) is 10.5 Å². The lowest BCUT2D eigenvalue weighted by molar-refractivity contribution is 0.198. The van der Waals surface area contributed by atoms with Gasteiger partial charge in [0.05, 0.1) is 19.2 Å². The maximum Gasteiger partial charge on any atom is 0.319 e. The molecule has 2 atom stereocenters. The molecule has 1 heterocycles. The molecule has 21 heavy (non-hydrogen) atoms. The minimum atomic E-state index is -0.701. The summed E-state index contributed by atoms with van der Waals surface area (Å²) in [6.07, 6.45) is -0.701. The van der Waals surface area contributed by atoms with E-state index in [-0.39, 0.29) is 18.8 Å². The van der Waals surface area contributed by atoms with Crippen molar-refractivity contribution in [1.82, 2.24) is 10.2 Å². The molecule has 3 N–H and O–H groups in total. The van der Waals surface area contributed by atoms with Gasteiger partial charge in [-0.3, -0.25) is 0 Å². The van der Waals surface area contributed by atoms with E-state index in [1.165, 1.54) is 17.0 Å². The first kappa shape index (κ1) is 15.2. The third-order valence-electron chi connectivity index (χ3n) is 3.29. The molecule has 0 aliphatic carbocycles. The summed E-state index contributed by atoms with van der Waals surface area (Å²) >= 11 is 0. The van der Waals surface area contributed by atoms with Gasteiger partial charge in [0.2, 0.25) is 0 Å². The number of amides is 2. The summed E-state index contributed by atoms with van der Waals surface area (Å²) in [5.74, 6) is -0.384. The summed E-state index contributed by atoms with van der Waals surface area (Å²) in [4.78, 5) is 23.5. The van der Waals surface area contributed by atoms with Gasteiger partial charge in [0.15, 0.2) is 11.6 Å². The molecule has 1 aromatic rings. The second-order valence-corrected chi connectivity index (χ2v) is 4.65. The fourth-order valence-electron chi connectivity index (χ4n) is 2.26. The molecule has 1 saturated heterocycles. The van der Waals surface area contributed by atoms with Crippen molar-refractivity contribution in [3.8, 4) is 5.75 Å². The average Bonchev–Trinajstić information content (AvgIpc) is 2.71. The first-order valence-electron chi connectivity index (χ1n) is 6.60. The SMILES string of the molecule is CCOc1c(F)cccc1CN1C(=O)NC(CN=O)C1N. The molecular formula is C13H17FN4O3. The highest BCUT2D eigenvalue weighted by molar-refractivity contribution is 5.77. The number of urea groups is 1. The van der Waals surface area contributed by atoms with Gasteiger partial charge in [0.1, 0.15) is 12.7 Å². The first-order valence-corrected chi connectivity index (χ1v) is 6.60. The highest BCUT2D eigenvalue weighted by atomic mass is 19.1. The van der Waals surface area contributed by atoms with E-state index in [9.17, 15) is 14.1 Å². The number of nitrogens with zero attached hydrogens (tertiary/aromatic N) is 2. The van der Waals surface area contributed by atoms with Crippen LogP contribution in [0.2, 0.25) is 0 Å². The molecule has 0 radical (unpaired) electrons. The van der Waals surface area contributed by atoms with Crippen molar-refractivity contribution in [3.05, 3.63) is 34.5 Å². The van der Waals surface area contributed by atoms with Crippen molar-refractivity contribution < 1.29 is 13.9 Å². The van der Waals surface area contributed by atoms with Crippen LogP contribution in [0.5, 0.6) is 5.75 Å². The van der Waals surface area contributed by atoms with E-state index in [4.69, 9.17) is 10.5 Å². The van der Waals surface area contributed by atoms with Crippen LogP contribution >= 0.6 is 0 Å². The molecule has 0 aromatic heterocycles. The third kappa shape index (κ3) is 3.10. The van der Waals surface area contributed by atoms with E-state index in [0.717, 1.165) is 0 Å². The molecular weight excluding hydrogens is 279 g/mol. The number of hydrogen-bond acceptors (Lipinski definition) is 5. The summed E-state index contributed by atoms with van der Waals surface area (Å²) in [6.45, 7) is 2.04. The Kier molecular flexibility index (Phi) is 4.69. The average molecular weight is 296 g/mol. The minimum Gasteiger partial charge on any atom is -0.490 e. The number of nitrogens with two attached hydrogens (primary N) is 1. The maximum atomic E-state index is 13.8. The zero-order valence-electron chi connectivity index (χ0n) is 11.6. The zero-order valence-corrected chi connectivity index (χ0v) is 11.6. The zero-order chi connectivity index (χ0) is 15.4. The molecule has 8 heteroatoms. The molecule has 2 amide bonds. The number of ether oxygens (including phenoxy) is 1. The van der Waals surface area contributed by atoms with Crippen LogP contribution in [0.15, 0.2) is 23.4 Å². The van der Waals surface area contributed by atoms with E-state index in [1.807, 2.05) is 0 Å². The van der Waals surface area contributed by atoms with Crippen molar-refractivity contribution in [2.24, 2.45) is 10.9 Å². The molecule has 2 unspecified atom stereocenters. The van der Waals surface area contributed by atoms with Crippen LogP contribution in [0.3, 0.4) is 0 Å². The standard InChI is InChI=1S/C13H17FN4O3/c1-2-21-11-8(4-3-5-9(11)14)7-18-12(15)10(6-16-20)17-13(18)19/h3-5,10,12H,2,6-7,15H2,1H3,(H,17,19). The summed E-state index contributed by atoms with van der Waals surface area (Å²) < 4.78 is 19.1. The number of para-hydroxylation sites is 1. The molecule has 0 saturated carbocycles. The predicted molar refractivity (Wildman–Crippen MR) is 74.1 cm³/mol. The highest BCUT2D eigenvalue weighted by Gasteiger charge is 2.37. The van der Waals surface area contributed by atoms with E-state index < -0.39 is 24.1 Å². The Hall–Kier alpha value is -2.22. The maximum absolute atomic E-state index is 13.8. The molecule has 114 valence electrons. The quantitative estimate of drug-likeness (QED) is 0.770. The van der Waals surface area contributed by atoms with Crippen molar-refractivity contribution in [3.63, 3.8) is 0 Å². The molecule has 7 nitrogen and oxygen atoms in total. The van der Waals surface area contributed by atoms with Gasteiger partial charge in [-0.1, -0.05) is 17.3 Å². The van der Waals surface area contributed by atoms with Gasteiger partial charge in [-0.2, -0.15) is 4.91 Å². The molecule has 1 aromatic carbocycles. The van der Waals surface area contributed by atoms with Gasteiger partial charge in [-0.05, 0) is 13.0 Å². The van der Waals surface area contributed by atoms with E-state index >= 15 is 0 Å². The van der Waals surface area contributed by atoms with Crippen molar-refractivity contribution in [2.75, 3.05) is 13.2 Å². The number of benzene rings is 1. The van der Waals surface area contributed by atoms with Crippen molar-refractivity contribution >= 4 is 6.03 Å². The van der Waals surface area contributed by atoms with Crippen LogP contribution in [0.4, 0.5) is 9.18 Å². The number of nitroso groups, excluding NO2 is 1. The molecule has 0 bridgehead atoms. The smallest absolute Gasteiger partial charge is 0.319 e. The van der Waals surface area contributed by atoms with Gasteiger partial charge in [0, 0.05) is 5.56 Å². The normalized spacial score (nSPS) is 21.3. The van der Waals surface area contributed by atoms with Gasteiger partial charge >= 0.3 is 6.03 Å². The number of nitrogens with one attached hydrogen (secondary N) is 1. The van der Waals surface area contributed by atoms with Crippen molar-refractivity contribution in [1.29, 1.82) is 0 Å². The molecule has 0 spiro atoms. The Morgan fingerprint density at radius 2 is 2.29 bits per heavy atom. The molecule has 1 aliphatic rings. The number of carbonyl (C=O) groups excluding carboxylic acids is 1. The summed E-state index contributed by atoms with van der Waals surface area (Å²) in [6, 6.07) is 3.54. The van der Waals surface area contributed by atoms with Crippen molar-refractivity contribution in [2.45, 2.75) is 25.7 Å².